The number of hydrogen-bond acceptors (Lipinski definition) is 0. The van der Waals surface area contributed by atoms with Crippen molar-refractivity contribution in [2.45, 2.75) is 32.6 Å². The molecule has 2 atom stereocenters. The van der Waals surface area contributed by atoms with E-state index in [1.165, 1.54) is 65.7 Å². The Balaban J connectivity index is 1.67. The second-order valence-corrected chi connectivity index (χ2v) is 11.0. The van der Waals surface area contributed by atoms with Crippen LogP contribution >= 0.6 is 0 Å². The molecule has 184 valence electrons. The van der Waals surface area contributed by atoms with Gasteiger partial charge in [-0.2, -0.15) is 0 Å². The summed E-state index contributed by atoms with van der Waals surface area (Å²) in [4.78, 5) is 0. The fraction of sp³-hybridized carbons (Fsp3) is 0.158. The number of aryl methyl sites for hydroxylation is 3. The molecule has 6 aromatic carbocycles. The molecule has 0 aliphatic heterocycles. The standard InChI is InChI=1S/C38H32/c1-25-18-19-28-20-23-33-27(3)35(24-29-21-22-32(25)36(28)37(29)33)38(30-13-6-4-7-14-30,31-15-8-5-9-16-31)34-17-11-10-12-26(34)2/h4-15,17-24,31H,16H2,1-3H3. The van der Waals surface area contributed by atoms with Crippen LogP contribution in [0.4, 0.5) is 0 Å². The fourth-order valence-corrected chi connectivity index (χ4v) is 7.26. The molecule has 0 N–H and O–H groups in total. The minimum absolute atomic E-state index is 0.296. The lowest BCUT2D eigenvalue weighted by Crippen LogP contribution is -2.39. The number of allylic oxidation sites excluding steroid dienone is 4. The molecule has 0 saturated heterocycles. The van der Waals surface area contributed by atoms with E-state index in [0.29, 0.717) is 5.92 Å². The summed E-state index contributed by atoms with van der Waals surface area (Å²) in [5, 5.41) is 8.18. The van der Waals surface area contributed by atoms with E-state index in [2.05, 4.69) is 142 Å². The van der Waals surface area contributed by atoms with Crippen molar-refractivity contribution in [3.05, 3.63) is 155 Å². The molecule has 0 heteroatoms. The molecular weight excluding hydrogens is 456 g/mol. The molecule has 0 spiro atoms. The van der Waals surface area contributed by atoms with Crippen LogP contribution in [0.2, 0.25) is 0 Å². The maximum absolute atomic E-state index is 2.52. The third kappa shape index (κ3) is 3.16. The van der Waals surface area contributed by atoms with Crippen molar-refractivity contribution in [1.82, 2.24) is 0 Å². The van der Waals surface area contributed by atoms with Crippen molar-refractivity contribution < 1.29 is 0 Å². The van der Waals surface area contributed by atoms with E-state index in [9.17, 15) is 0 Å². The lowest BCUT2D eigenvalue weighted by Gasteiger charge is -2.44. The molecular formula is C38H32. The van der Waals surface area contributed by atoms with Crippen LogP contribution in [0.1, 0.15) is 39.8 Å². The highest BCUT2D eigenvalue weighted by Crippen LogP contribution is 2.52. The van der Waals surface area contributed by atoms with Gasteiger partial charge in [0.15, 0.2) is 0 Å². The van der Waals surface area contributed by atoms with E-state index >= 15 is 0 Å². The van der Waals surface area contributed by atoms with Gasteiger partial charge in [-0.15, -0.1) is 0 Å². The van der Waals surface area contributed by atoms with E-state index in [4.69, 9.17) is 0 Å². The molecule has 0 heterocycles. The van der Waals surface area contributed by atoms with E-state index in [-0.39, 0.29) is 5.41 Å². The zero-order valence-electron chi connectivity index (χ0n) is 22.3. The SMILES string of the molecule is Cc1ccccc1C(c1ccccc1)(c1cc2ccc3c(C)ccc4ccc(c1C)c2c43)C1C=CC=CC1. The molecule has 1 aliphatic rings. The largest absolute Gasteiger partial charge is 0.0839 e. The van der Waals surface area contributed by atoms with Gasteiger partial charge in [-0.3, -0.25) is 0 Å². The van der Waals surface area contributed by atoms with Crippen LogP contribution in [-0.2, 0) is 5.41 Å². The van der Waals surface area contributed by atoms with Gasteiger partial charge in [-0.25, -0.2) is 0 Å². The van der Waals surface area contributed by atoms with Crippen molar-refractivity contribution in [2.75, 3.05) is 0 Å². The van der Waals surface area contributed by atoms with Gasteiger partial charge in [0.25, 0.3) is 0 Å². The lowest BCUT2D eigenvalue weighted by atomic mass is 9.58. The minimum Gasteiger partial charge on any atom is -0.0839 e. The average Bonchev–Trinajstić information content (AvgIpc) is 2.96. The Bertz CT molecular complexity index is 1870. The normalized spacial score (nSPS) is 17.0. The monoisotopic (exact) mass is 488 g/mol. The summed E-state index contributed by atoms with van der Waals surface area (Å²) in [7, 11) is 0. The molecule has 0 saturated carbocycles. The van der Waals surface area contributed by atoms with Gasteiger partial charge in [0.1, 0.15) is 0 Å². The quantitative estimate of drug-likeness (QED) is 0.171. The van der Waals surface area contributed by atoms with Crippen LogP contribution in [0.25, 0.3) is 32.3 Å². The van der Waals surface area contributed by atoms with Crippen LogP contribution in [-0.4, -0.2) is 0 Å². The molecule has 1 aliphatic carbocycles. The summed E-state index contributed by atoms with van der Waals surface area (Å²) in [6.07, 6.45) is 10.2. The Labute approximate surface area is 225 Å². The summed E-state index contributed by atoms with van der Waals surface area (Å²) in [5.41, 5.74) is 7.88. The number of benzene rings is 6. The topological polar surface area (TPSA) is 0 Å². The predicted octanol–water partition coefficient (Wildman–Crippen LogP) is 9.98. The Kier molecular flexibility index (Phi) is 5.27. The molecule has 38 heavy (non-hydrogen) atoms. The van der Waals surface area contributed by atoms with Crippen LogP contribution in [0, 0.1) is 26.7 Å². The second kappa shape index (κ2) is 8.71. The highest BCUT2D eigenvalue weighted by Gasteiger charge is 2.44. The van der Waals surface area contributed by atoms with Gasteiger partial charge in [0.2, 0.25) is 0 Å². The van der Waals surface area contributed by atoms with Gasteiger partial charge >= 0.3 is 0 Å². The molecule has 6 aromatic rings. The summed E-state index contributed by atoms with van der Waals surface area (Å²) < 4.78 is 0. The number of hydrogen-bond donors (Lipinski definition) is 0. The van der Waals surface area contributed by atoms with Gasteiger partial charge in [-0.1, -0.05) is 115 Å². The van der Waals surface area contributed by atoms with Crippen molar-refractivity contribution in [3.63, 3.8) is 0 Å². The Morgan fingerprint density at radius 1 is 0.605 bits per heavy atom. The Hall–Kier alpha value is -4.16. The molecule has 0 amide bonds. The van der Waals surface area contributed by atoms with Crippen LogP contribution in [0.5, 0.6) is 0 Å². The molecule has 0 fully saturated rings. The first kappa shape index (κ1) is 23.0. The van der Waals surface area contributed by atoms with Crippen LogP contribution < -0.4 is 0 Å². The summed E-state index contributed by atoms with van der Waals surface area (Å²) >= 11 is 0. The van der Waals surface area contributed by atoms with E-state index in [1.807, 2.05) is 0 Å². The van der Waals surface area contributed by atoms with Gasteiger partial charge < -0.3 is 0 Å². The maximum atomic E-state index is 2.52. The zero-order valence-corrected chi connectivity index (χ0v) is 22.3. The van der Waals surface area contributed by atoms with E-state index in [1.54, 1.807) is 0 Å². The minimum atomic E-state index is -0.321. The highest BCUT2D eigenvalue weighted by molar-refractivity contribution is 6.24. The van der Waals surface area contributed by atoms with Gasteiger partial charge in [0.05, 0.1) is 5.41 Å². The third-order valence-electron chi connectivity index (χ3n) is 9.03. The second-order valence-electron chi connectivity index (χ2n) is 11.0. The Morgan fingerprint density at radius 3 is 2.11 bits per heavy atom. The van der Waals surface area contributed by atoms with Crippen LogP contribution in [0.3, 0.4) is 0 Å². The van der Waals surface area contributed by atoms with Crippen molar-refractivity contribution in [1.29, 1.82) is 0 Å². The van der Waals surface area contributed by atoms with E-state index in [0.717, 1.165) is 6.42 Å². The predicted molar refractivity (Wildman–Crippen MR) is 164 cm³/mol. The molecule has 0 radical (unpaired) electrons. The van der Waals surface area contributed by atoms with Gasteiger partial charge in [-0.05, 0) is 105 Å². The number of rotatable bonds is 4. The van der Waals surface area contributed by atoms with E-state index < -0.39 is 0 Å². The van der Waals surface area contributed by atoms with Crippen LogP contribution in [0.15, 0.2) is 121 Å². The highest BCUT2D eigenvalue weighted by atomic mass is 14.5. The molecule has 0 aromatic heterocycles. The summed E-state index contributed by atoms with van der Waals surface area (Å²) in [5.74, 6) is 0.296. The third-order valence-corrected chi connectivity index (χ3v) is 9.03. The van der Waals surface area contributed by atoms with Gasteiger partial charge in [0, 0.05) is 0 Å². The molecule has 0 nitrogen and oxygen atoms in total. The fourth-order valence-electron chi connectivity index (χ4n) is 7.26. The molecule has 0 bridgehead atoms. The zero-order chi connectivity index (χ0) is 25.9. The lowest BCUT2D eigenvalue weighted by molar-refractivity contribution is 0.445. The first-order chi connectivity index (χ1) is 18.6. The molecule has 7 rings (SSSR count). The maximum Gasteiger partial charge on any atom is 0.0522 e. The summed E-state index contributed by atoms with van der Waals surface area (Å²) in [6, 6.07) is 36.7. The first-order valence-corrected chi connectivity index (χ1v) is 13.7. The Morgan fingerprint density at radius 2 is 1.32 bits per heavy atom. The first-order valence-electron chi connectivity index (χ1n) is 13.7. The summed E-state index contributed by atoms with van der Waals surface area (Å²) in [6.45, 7) is 6.86. The smallest absolute Gasteiger partial charge is 0.0522 e. The van der Waals surface area contributed by atoms with Crippen molar-refractivity contribution >= 4 is 32.3 Å². The van der Waals surface area contributed by atoms with Crippen molar-refractivity contribution in [3.8, 4) is 0 Å². The average molecular weight is 489 g/mol. The molecule has 2 unspecified atom stereocenters. The van der Waals surface area contributed by atoms with Crippen molar-refractivity contribution in [2.24, 2.45) is 5.92 Å².